The number of hydrogen-bond acceptors (Lipinski definition) is 1. The highest BCUT2D eigenvalue weighted by molar-refractivity contribution is 5.93. The van der Waals surface area contributed by atoms with Gasteiger partial charge in [0.1, 0.15) is 0 Å². The molecule has 0 aliphatic heterocycles. The molecule has 0 aliphatic carbocycles. The molecule has 0 aromatic rings. The van der Waals surface area contributed by atoms with Crippen LogP contribution in [0.3, 0.4) is 0 Å². The van der Waals surface area contributed by atoms with Crippen molar-refractivity contribution in [3.05, 3.63) is 11.1 Å². The molecule has 14 heavy (non-hydrogen) atoms. The molecule has 0 atom stereocenters. The van der Waals surface area contributed by atoms with E-state index in [0.717, 1.165) is 17.7 Å². The summed E-state index contributed by atoms with van der Waals surface area (Å²) in [6, 6.07) is 0. The number of allylic oxidation sites excluding steroid dienone is 1. The zero-order chi connectivity index (χ0) is 11.7. The van der Waals surface area contributed by atoms with Gasteiger partial charge in [0.05, 0.1) is 0 Å². The van der Waals surface area contributed by atoms with Crippen molar-refractivity contribution in [3.8, 4) is 0 Å². The van der Waals surface area contributed by atoms with Crippen LogP contribution in [-0.2, 0) is 4.79 Å². The molecular formula is C12H25NO. The third-order valence-corrected chi connectivity index (χ3v) is 1.89. The maximum absolute atomic E-state index is 11.4. The van der Waals surface area contributed by atoms with E-state index in [9.17, 15) is 4.79 Å². The molecule has 0 rings (SSSR count). The minimum absolute atomic E-state index is 0.132. The van der Waals surface area contributed by atoms with E-state index in [0.29, 0.717) is 0 Å². The number of amides is 1. The fourth-order valence-corrected chi connectivity index (χ4v) is 0.644. The number of carbonyl (C=O) groups is 1. The van der Waals surface area contributed by atoms with Gasteiger partial charge in [0.2, 0.25) is 5.91 Å². The standard InChI is InChI=1S/C9H17NO.C3H8/c1-6-10(5)9(11)8(4)7(2)3;1-3-2/h6H2,1-5H3;3H2,1-2H3. The molecule has 0 unspecified atom stereocenters. The molecular weight excluding hydrogens is 174 g/mol. The highest BCUT2D eigenvalue weighted by Crippen LogP contribution is 2.04. The summed E-state index contributed by atoms with van der Waals surface area (Å²) in [7, 11) is 1.81. The van der Waals surface area contributed by atoms with E-state index in [1.54, 1.807) is 4.90 Å². The van der Waals surface area contributed by atoms with Crippen molar-refractivity contribution in [2.45, 2.75) is 48.0 Å². The molecule has 0 heterocycles. The summed E-state index contributed by atoms with van der Waals surface area (Å²) >= 11 is 0. The molecule has 0 saturated carbocycles. The summed E-state index contributed by atoms with van der Waals surface area (Å²) in [4.78, 5) is 13.1. The Morgan fingerprint density at radius 3 is 1.64 bits per heavy atom. The third kappa shape index (κ3) is 6.70. The number of rotatable bonds is 2. The third-order valence-electron chi connectivity index (χ3n) is 1.89. The number of likely N-dealkylation sites (N-methyl/N-ethyl adjacent to an activating group) is 1. The second-order valence-electron chi connectivity index (χ2n) is 3.65. The average Bonchev–Trinajstić information content (AvgIpc) is 2.15. The first-order chi connectivity index (χ1) is 6.42. The maximum Gasteiger partial charge on any atom is 0.249 e. The first-order valence-electron chi connectivity index (χ1n) is 5.31. The van der Waals surface area contributed by atoms with E-state index in [-0.39, 0.29) is 5.91 Å². The predicted molar refractivity (Wildman–Crippen MR) is 63.3 cm³/mol. The lowest BCUT2D eigenvalue weighted by Crippen LogP contribution is -2.27. The van der Waals surface area contributed by atoms with E-state index >= 15 is 0 Å². The predicted octanol–water partition coefficient (Wildman–Crippen LogP) is 3.24. The van der Waals surface area contributed by atoms with Gasteiger partial charge in [-0.1, -0.05) is 25.8 Å². The first kappa shape index (κ1) is 15.7. The lowest BCUT2D eigenvalue weighted by molar-refractivity contribution is -0.125. The quantitative estimate of drug-likeness (QED) is 0.625. The molecule has 1 amide bonds. The molecule has 0 aromatic heterocycles. The van der Waals surface area contributed by atoms with Gasteiger partial charge in [-0.05, 0) is 27.7 Å². The lowest BCUT2D eigenvalue weighted by atomic mass is 10.1. The van der Waals surface area contributed by atoms with Crippen LogP contribution in [0.5, 0.6) is 0 Å². The first-order valence-corrected chi connectivity index (χ1v) is 5.31. The van der Waals surface area contributed by atoms with Gasteiger partial charge >= 0.3 is 0 Å². The fraction of sp³-hybridized carbons (Fsp3) is 0.750. The van der Waals surface area contributed by atoms with Gasteiger partial charge in [-0.3, -0.25) is 4.79 Å². The van der Waals surface area contributed by atoms with Gasteiger partial charge in [-0.2, -0.15) is 0 Å². The van der Waals surface area contributed by atoms with E-state index in [4.69, 9.17) is 0 Å². The minimum Gasteiger partial charge on any atom is -0.342 e. The lowest BCUT2D eigenvalue weighted by Gasteiger charge is -2.15. The fourth-order valence-electron chi connectivity index (χ4n) is 0.644. The number of nitrogens with zero attached hydrogens (tertiary/aromatic N) is 1. The van der Waals surface area contributed by atoms with Crippen molar-refractivity contribution in [2.75, 3.05) is 13.6 Å². The van der Waals surface area contributed by atoms with E-state index in [1.165, 1.54) is 6.42 Å². The van der Waals surface area contributed by atoms with Gasteiger partial charge < -0.3 is 4.90 Å². The van der Waals surface area contributed by atoms with Crippen LogP contribution in [-0.4, -0.2) is 24.4 Å². The maximum atomic E-state index is 11.4. The Hall–Kier alpha value is -0.790. The van der Waals surface area contributed by atoms with Crippen LogP contribution in [0, 0.1) is 0 Å². The van der Waals surface area contributed by atoms with E-state index in [2.05, 4.69) is 13.8 Å². The molecule has 0 N–H and O–H groups in total. The zero-order valence-electron chi connectivity index (χ0n) is 10.8. The van der Waals surface area contributed by atoms with Gasteiger partial charge in [0, 0.05) is 19.2 Å². The molecule has 0 spiro atoms. The zero-order valence-corrected chi connectivity index (χ0v) is 10.8. The Balaban J connectivity index is 0. The van der Waals surface area contributed by atoms with Gasteiger partial charge in [-0.15, -0.1) is 0 Å². The van der Waals surface area contributed by atoms with Crippen molar-refractivity contribution in [1.82, 2.24) is 4.90 Å². The van der Waals surface area contributed by atoms with Crippen LogP contribution >= 0.6 is 0 Å². The van der Waals surface area contributed by atoms with Crippen molar-refractivity contribution >= 4 is 5.91 Å². The Morgan fingerprint density at radius 1 is 1.07 bits per heavy atom. The summed E-state index contributed by atoms with van der Waals surface area (Å²) in [5.41, 5.74) is 1.95. The van der Waals surface area contributed by atoms with Gasteiger partial charge in [-0.25, -0.2) is 0 Å². The van der Waals surface area contributed by atoms with Crippen molar-refractivity contribution in [3.63, 3.8) is 0 Å². The molecule has 0 saturated heterocycles. The molecule has 0 aliphatic rings. The Bertz CT molecular complexity index is 190. The highest BCUT2D eigenvalue weighted by Gasteiger charge is 2.08. The summed E-state index contributed by atoms with van der Waals surface area (Å²) in [5.74, 6) is 0.132. The SMILES string of the molecule is CCC.CCN(C)C(=O)C(C)=C(C)C. The van der Waals surface area contributed by atoms with Crippen LogP contribution in [0.2, 0.25) is 0 Å². The Morgan fingerprint density at radius 2 is 1.43 bits per heavy atom. The van der Waals surface area contributed by atoms with Crippen LogP contribution in [0.1, 0.15) is 48.0 Å². The monoisotopic (exact) mass is 199 g/mol. The van der Waals surface area contributed by atoms with Crippen molar-refractivity contribution in [1.29, 1.82) is 0 Å². The van der Waals surface area contributed by atoms with E-state index in [1.807, 2.05) is 34.7 Å². The Labute approximate surface area is 89.0 Å². The molecule has 0 fully saturated rings. The minimum atomic E-state index is 0.132. The summed E-state index contributed by atoms with van der Waals surface area (Å²) in [6.07, 6.45) is 1.25. The highest BCUT2D eigenvalue weighted by atomic mass is 16.2. The summed E-state index contributed by atoms with van der Waals surface area (Å²) in [6.45, 7) is 12.8. The van der Waals surface area contributed by atoms with Crippen LogP contribution in [0.25, 0.3) is 0 Å². The second kappa shape index (κ2) is 8.79. The van der Waals surface area contributed by atoms with Crippen LogP contribution < -0.4 is 0 Å². The van der Waals surface area contributed by atoms with Crippen LogP contribution in [0.15, 0.2) is 11.1 Å². The summed E-state index contributed by atoms with van der Waals surface area (Å²) in [5, 5.41) is 0. The topological polar surface area (TPSA) is 20.3 Å². The van der Waals surface area contributed by atoms with Gasteiger partial charge in [0.25, 0.3) is 0 Å². The molecule has 2 nitrogen and oxygen atoms in total. The molecule has 0 radical (unpaired) electrons. The van der Waals surface area contributed by atoms with Crippen molar-refractivity contribution < 1.29 is 4.79 Å². The second-order valence-corrected chi connectivity index (χ2v) is 3.65. The molecule has 0 aromatic carbocycles. The van der Waals surface area contributed by atoms with Gasteiger partial charge in [0.15, 0.2) is 0 Å². The normalized spacial score (nSPS) is 8.50. The number of carbonyl (C=O) groups excluding carboxylic acids is 1. The smallest absolute Gasteiger partial charge is 0.249 e. The molecule has 2 heteroatoms. The molecule has 84 valence electrons. The average molecular weight is 199 g/mol. The van der Waals surface area contributed by atoms with Crippen LogP contribution in [0.4, 0.5) is 0 Å². The number of hydrogen-bond donors (Lipinski definition) is 0. The molecule has 0 bridgehead atoms. The summed E-state index contributed by atoms with van der Waals surface area (Å²) < 4.78 is 0. The largest absolute Gasteiger partial charge is 0.342 e. The van der Waals surface area contributed by atoms with E-state index < -0.39 is 0 Å². The van der Waals surface area contributed by atoms with Crippen molar-refractivity contribution in [2.24, 2.45) is 0 Å². The Kier molecular flexibility index (Phi) is 9.84.